The number of Topliss-reactive ketones (excluding diaryl/α,β-unsaturated/α-hetero) is 1. The topological polar surface area (TPSA) is 80.2 Å². The van der Waals surface area contributed by atoms with Gasteiger partial charge in [0.15, 0.2) is 0 Å². The predicted octanol–water partition coefficient (Wildman–Crippen LogP) is 4.23. The van der Waals surface area contributed by atoms with Gasteiger partial charge < -0.3 is 15.2 Å². The minimum Gasteiger partial charge on any atom is -0.345 e. The van der Waals surface area contributed by atoms with Crippen LogP contribution in [0.3, 0.4) is 0 Å². The monoisotopic (exact) mass is 439 g/mol. The molecular formula is C20H20Cl2FN3O3. The summed E-state index contributed by atoms with van der Waals surface area (Å²) >= 11 is 12.2. The second-order valence-corrected chi connectivity index (χ2v) is 8.64. The first-order valence-electron chi connectivity index (χ1n) is 9.03. The van der Waals surface area contributed by atoms with Gasteiger partial charge in [0.1, 0.15) is 11.5 Å². The van der Waals surface area contributed by atoms with Gasteiger partial charge in [-0.25, -0.2) is 4.39 Å². The van der Waals surface area contributed by atoms with Crippen molar-refractivity contribution in [1.82, 2.24) is 9.88 Å². The van der Waals surface area contributed by atoms with Gasteiger partial charge in [-0.15, -0.1) is 0 Å². The lowest BCUT2D eigenvalue weighted by atomic mass is 10.1. The number of ketones is 1. The van der Waals surface area contributed by atoms with Crippen molar-refractivity contribution in [3.63, 3.8) is 0 Å². The van der Waals surface area contributed by atoms with Crippen LogP contribution in [-0.4, -0.2) is 27.7 Å². The molecule has 2 N–H and O–H groups in total. The first kappa shape index (κ1) is 21.3. The molecule has 0 fully saturated rings. The maximum atomic E-state index is 13.3. The van der Waals surface area contributed by atoms with Crippen molar-refractivity contribution in [2.45, 2.75) is 45.7 Å². The van der Waals surface area contributed by atoms with E-state index < -0.39 is 29.0 Å². The van der Waals surface area contributed by atoms with Crippen LogP contribution in [0.4, 0.5) is 10.1 Å². The van der Waals surface area contributed by atoms with Gasteiger partial charge in [-0.1, -0.05) is 23.2 Å². The fourth-order valence-electron chi connectivity index (χ4n) is 3.27. The van der Waals surface area contributed by atoms with Crippen LogP contribution in [0.15, 0.2) is 18.2 Å². The van der Waals surface area contributed by atoms with Crippen LogP contribution in [0.2, 0.25) is 10.0 Å². The Morgan fingerprint density at radius 1 is 1.17 bits per heavy atom. The average molecular weight is 440 g/mol. The molecule has 0 aliphatic carbocycles. The highest BCUT2D eigenvalue weighted by Crippen LogP contribution is 2.34. The summed E-state index contributed by atoms with van der Waals surface area (Å²) < 4.78 is 15.0. The van der Waals surface area contributed by atoms with E-state index in [0.29, 0.717) is 18.7 Å². The Morgan fingerprint density at radius 3 is 2.48 bits per heavy atom. The van der Waals surface area contributed by atoms with Crippen molar-refractivity contribution in [3.05, 3.63) is 51.0 Å². The standard InChI is InChI=1S/C20H20Cl2FN3O3/c1-20(2,3)25-19(29)17(27)16-15(22)14(13-5-4-8-26(13)16)18(28)24-10-6-7-12(23)11(21)9-10/h6-7,9H,4-5,8H2,1-3H3,(H,24,28)(H,25,29). The summed E-state index contributed by atoms with van der Waals surface area (Å²) in [5, 5.41) is 5.03. The van der Waals surface area contributed by atoms with E-state index in [1.807, 2.05) is 0 Å². The SMILES string of the molecule is CC(C)(C)NC(=O)C(=O)c1c(Cl)c(C(=O)Nc2ccc(F)c(Cl)c2)c2n1CCC2. The van der Waals surface area contributed by atoms with E-state index >= 15 is 0 Å². The molecule has 29 heavy (non-hydrogen) atoms. The molecule has 0 saturated heterocycles. The van der Waals surface area contributed by atoms with Crippen molar-refractivity contribution in [2.24, 2.45) is 0 Å². The summed E-state index contributed by atoms with van der Waals surface area (Å²) in [6.07, 6.45) is 1.26. The average Bonchev–Trinajstić information content (AvgIpc) is 3.15. The minimum atomic E-state index is -0.794. The van der Waals surface area contributed by atoms with Crippen LogP contribution in [-0.2, 0) is 17.8 Å². The van der Waals surface area contributed by atoms with Crippen LogP contribution in [0.5, 0.6) is 0 Å². The van der Waals surface area contributed by atoms with Crippen LogP contribution >= 0.6 is 23.2 Å². The molecule has 1 aromatic heterocycles. The number of benzene rings is 1. The molecule has 154 valence electrons. The predicted molar refractivity (Wildman–Crippen MR) is 109 cm³/mol. The highest BCUT2D eigenvalue weighted by atomic mass is 35.5. The first-order valence-corrected chi connectivity index (χ1v) is 9.79. The molecule has 2 heterocycles. The Kier molecular flexibility index (Phi) is 5.74. The van der Waals surface area contributed by atoms with Crippen molar-refractivity contribution in [3.8, 4) is 0 Å². The maximum Gasteiger partial charge on any atom is 0.294 e. The molecule has 1 aromatic carbocycles. The second-order valence-electron chi connectivity index (χ2n) is 7.86. The fourth-order valence-corrected chi connectivity index (χ4v) is 3.83. The number of nitrogens with zero attached hydrogens (tertiary/aromatic N) is 1. The number of carbonyl (C=O) groups excluding carboxylic acids is 3. The van der Waals surface area contributed by atoms with Gasteiger partial charge in [0.2, 0.25) is 0 Å². The van der Waals surface area contributed by atoms with Crippen LogP contribution in [0.25, 0.3) is 0 Å². The van der Waals surface area contributed by atoms with Crippen molar-refractivity contribution < 1.29 is 18.8 Å². The number of carbonyl (C=O) groups is 3. The van der Waals surface area contributed by atoms with Gasteiger partial charge in [0, 0.05) is 23.5 Å². The summed E-state index contributed by atoms with van der Waals surface area (Å²) in [6, 6.07) is 3.78. The third-order valence-electron chi connectivity index (χ3n) is 4.42. The molecule has 0 bridgehead atoms. The lowest BCUT2D eigenvalue weighted by molar-refractivity contribution is -0.118. The largest absolute Gasteiger partial charge is 0.345 e. The van der Waals surface area contributed by atoms with Gasteiger partial charge in [0.25, 0.3) is 17.6 Å². The summed E-state index contributed by atoms with van der Waals surface area (Å²) in [5.41, 5.74) is 0.419. The minimum absolute atomic E-state index is 0.00297. The van der Waals surface area contributed by atoms with Crippen molar-refractivity contribution in [1.29, 1.82) is 0 Å². The molecule has 2 aromatic rings. The smallest absolute Gasteiger partial charge is 0.294 e. The molecular weight excluding hydrogens is 420 g/mol. The Bertz CT molecular complexity index is 1020. The molecule has 1 aliphatic heterocycles. The molecule has 1 aliphatic rings. The number of hydrogen-bond donors (Lipinski definition) is 2. The van der Waals surface area contributed by atoms with E-state index in [-0.39, 0.29) is 27.0 Å². The number of hydrogen-bond acceptors (Lipinski definition) is 3. The summed E-state index contributed by atoms with van der Waals surface area (Å²) in [4.78, 5) is 38.0. The number of rotatable bonds is 4. The molecule has 6 nitrogen and oxygen atoms in total. The Morgan fingerprint density at radius 2 is 1.86 bits per heavy atom. The number of aromatic nitrogens is 1. The molecule has 0 saturated carbocycles. The van der Waals surface area contributed by atoms with E-state index in [0.717, 1.165) is 12.5 Å². The molecule has 2 amide bonds. The third kappa shape index (κ3) is 4.31. The summed E-state index contributed by atoms with van der Waals surface area (Å²) in [5.74, 6) is -2.75. The molecule has 0 radical (unpaired) electrons. The van der Waals surface area contributed by atoms with Gasteiger partial charge in [-0.05, 0) is 51.8 Å². The number of nitrogens with one attached hydrogen (secondary N) is 2. The maximum absolute atomic E-state index is 13.3. The lowest BCUT2D eigenvalue weighted by Crippen LogP contribution is -2.44. The lowest BCUT2D eigenvalue weighted by Gasteiger charge is -2.20. The number of fused-ring (bicyclic) bond motifs is 1. The van der Waals surface area contributed by atoms with E-state index in [2.05, 4.69) is 10.6 Å². The van der Waals surface area contributed by atoms with Crippen molar-refractivity contribution in [2.75, 3.05) is 5.32 Å². The van der Waals surface area contributed by atoms with Gasteiger partial charge in [-0.2, -0.15) is 0 Å². The first-order chi connectivity index (χ1) is 13.5. The van der Waals surface area contributed by atoms with Crippen LogP contribution in [0.1, 0.15) is 53.7 Å². The van der Waals surface area contributed by atoms with Gasteiger partial charge >= 0.3 is 0 Å². The fraction of sp³-hybridized carbons (Fsp3) is 0.350. The molecule has 0 atom stereocenters. The van der Waals surface area contributed by atoms with Crippen LogP contribution in [0, 0.1) is 5.82 Å². The molecule has 3 rings (SSSR count). The Balaban J connectivity index is 1.95. The van der Waals surface area contributed by atoms with E-state index in [1.165, 1.54) is 12.1 Å². The highest BCUT2D eigenvalue weighted by Gasteiger charge is 2.35. The zero-order valence-corrected chi connectivity index (χ0v) is 17.7. The van der Waals surface area contributed by atoms with Gasteiger partial charge in [-0.3, -0.25) is 14.4 Å². The normalized spacial score (nSPS) is 13.2. The van der Waals surface area contributed by atoms with Crippen molar-refractivity contribution >= 4 is 46.5 Å². The highest BCUT2D eigenvalue weighted by molar-refractivity contribution is 6.48. The number of anilines is 1. The van der Waals surface area contributed by atoms with E-state index in [9.17, 15) is 18.8 Å². The van der Waals surface area contributed by atoms with E-state index in [1.54, 1.807) is 25.3 Å². The van der Waals surface area contributed by atoms with Crippen LogP contribution < -0.4 is 10.6 Å². The molecule has 9 heteroatoms. The molecule has 0 spiro atoms. The number of amides is 2. The molecule has 0 unspecified atom stereocenters. The Labute approximate surface area is 177 Å². The summed E-state index contributed by atoms with van der Waals surface area (Å²) in [7, 11) is 0. The summed E-state index contributed by atoms with van der Waals surface area (Å²) in [6.45, 7) is 5.76. The second kappa shape index (κ2) is 7.80. The zero-order valence-electron chi connectivity index (χ0n) is 16.2. The van der Waals surface area contributed by atoms with E-state index in [4.69, 9.17) is 23.2 Å². The quantitative estimate of drug-likeness (QED) is 0.552. The zero-order chi connectivity index (χ0) is 21.5. The number of halogens is 3. The van der Waals surface area contributed by atoms with Gasteiger partial charge in [0.05, 0.1) is 15.6 Å². The third-order valence-corrected chi connectivity index (χ3v) is 5.08. The Hall–Kier alpha value is -2.38.